The molecule has 0 unspecified atom stereocenters. The van der Waals surface area contributed by atoms with Crippen LogP contribution in [0.15, 0.2) is 30.3 Å². The number of rotatable bonds is 7. The number of hydrogen-bond donors (Lipinski definition) is 1. The lowest BCUT2D eigenvalue weighted by atomic mass is 9.94. The summed E-state index contributed by atoms with van der Waals surface area (Å²) in [6.45, 7) is 5.43. The Hall–Kier alpha value is -0.860. The fraction of sp³-hybridized carbons (Fsp3) is 0.647. The van der Waals surface area contributed by atoms with E-state index >= 15 is 0 Å². The van der Waals surface area contributed by atoms with E-state index in [0.717, 1.165) is 19.5 Å². The molecule has 0 bridgehead atoms. The molecule has 1 fully saturated rings. The molecule has 1 aromatic rings. The van der Waals surface area contributed by atoms with E-state index in [2.05, 4.69) is 42.2 Å². The predicted molar refractivity (Wildman–Crippen MR) is 82.3 cm³/mol. The lowest BCUT2D eigenvalue weighted by Crippen LogP contribution is -2.53. The van der Waals surface area contributed by atoms with Gasteiger partial charge in [-0.2, -0.15) is 0 Å². The molecule has 0 amide bonds. The molecule has 1 saturated carbocycles. The van der Waals surface area contributed by atoms with E-state index in [4.69, 9.17) is 5.73 Å². The fourth-order valence-electron chi connectivity index (χ4n) is 3.45. The molecule has 2 N–H and O–H groups in total. The smallest absolute Gasteiger partial charge is 0.0331 e. The van der Waals surface area contributed by atoms with Crippen molar-refractivity contribution in [1.29, 1.82) is 0 Å². The van der Waals surface area contributed by atoms with E-state index in [1.807, 2.05) is 0 Å². The highest BCUT2D eigenvalue weighted by atomic mass is 15.2. The van der Waals surface area contributed by atoms with Crippen LogP contribution in [-0.2, 0) is 6.42 Å². The van der Waals surface area contributed by atoms with Gasteiger partial charge in [0.15, 0.2) is 0 Å². The Morgan fingerprint density at radius 2 is 1.79 bits per heavy atom. The molecule has 0 saturated heterocycles. The summed E-state index contributed by atoms with van der Waals surface area (Å²) in [5.74, 6) is 0. The minimum atomic E-state index is 0.296. The van der Waals surface area contributed by atoms with Crippen LogP contribution in [0.5, 0.6) is 0 Å². The van der Waals surface area contributed by atoms with Crippen LogP contribution in [0.3, 0.4) is 0 Å². The van der Waals surface area contributed by atoms with Crippen molar-refractivity contribution >= 4 is 0 Å². The largest absolute Gasteiger partial charge is 0.329 e. The highest BCUT2D eigenvalue weighted by molar-refractivity contribution is 5.15. The van der Waals surface area contributed by atoms with E-state index in [1.165, 1.54) is 44.2 Å². The maximum atomic E-state index is 6.13. The molecule has 2 nitrogen and oxygen atoms in total. The van der Waals surface area contributed by atoms with Crippen LogP contribution in [-0.4, -0.2) is 30.1 Å². The standard InChI is InChI=1S/C17H28N2/c1-2-13-19(17(15-18)11-6-7-12-17)14-10-16-8-4-3-5-9-16/h3-5,8-9H,2,6-7,10-15,18H2,1H3. The first-order valence-corrected chi connectivity index (χ1v) is 7.80. The fourth-order valence-corrected chi connectivity index (χ4v) is 3.45. The van der Waals surface area contributed by atoms with Crippen molar-refractivity contribution in [3.8, 4) is 0 Å². The van der Waals surface area contributed by atoms with Crippen molar-refractivity contribution in [1.82, 2.24) is 4.90 Å². The normalized spacial score (nSPS) is 18.1. The second-order valence-corrected chi connectivity index (χ2v) is 5.86. The second kappa shape index (κ2) is 7.06. The van der Waals surface area contributed by atoms with Crippen LogP contribution in [0.1, 0.15) is 44.6 Å². The SMILES string of the molecule is CCCN(CCc1ccccc1)C1(CN)CCCC1. The lowest BCUT2D eigenvalue weighted by Gasteiger charge is -2.41. The minimum absolute atomic E-state index is 0.296. The zero-order valence-corrected chi connectivity index (χ0v) is 12.3. The Balaban J connectivity index is 1.99. The third kappa shape index (κ3) is 3.58. The first-order chi connectivity index (χ1) is 9.30. The molecule has 2 heteroatoms. The van der Waals surface area contributed by atoms with Crippen LogP contribution >= 0.6 is 0 Å². The number of hydrogen-bond acceptors (Lipinski definition) is 2. The summed E-state index contributed by atoms with van der Waals surface area (Å²) in [4.78, 5) is 2.67. The molecule has 0 radical (unpaired) electrons. The van der Waals surface area contributed by atoms with E-state index < -0.39 is 0 Å². The number of benzene rings is 1. The molecule has 0 heterocycles. The zero-order chi connectivity index (χ0) is 13.6. The quantitative estimate of drug-likeness (QED) is 0.815. The monoisotopic (exact) mass is 260 g/mol. The van der Waals surface area contributed by atoms with Gasteiger partial charge in [-0.05, 0) is 37.8 Å². The van der Waals surface area contributed by atoms with Crippen molar-refractivity contribution in [3.05, 3.63) is 35.9 Å². The van der Waals surface area contributed by atoms with Gasteiger partial charge in [0.2, 0.25) is 0 Å². The van der Waals surface area contributed by atoms with E-state index in [1.54, 1.807) is 0 Å². The molecule has 0 atom stereocenters. The van der Waals surface area contributed by atoms with E-state index in [9.17, 15) is 0 Å². The summed E-state index contributed by atoms with van der Waals surface area (Å²) in [5.41, 5.74) is 7.86. The number of nitrogens with two attached hydrogens (primary N) is 1. The molecular formula is C17H28N2. The summed E-state index contributed by atoms with van der Waals surface area (Å²) in [6, 6.07) is 10.8. The molecule has 106 valence electrons. The Bertz CT molecular complexity index is 355. The Labute approximate surface area is 118 Å². The molecular weight excluding hydrogens is 232 g/mol. The summed E-state index contributed by atoms with van der Waals surface area (Å²) in [6.07, 6.45) is 7.64. The van der Waals surface area contributed by atoms with Crippen molar-refractivity contribution in [3.63, 3.8) is 0 Å². The van der Waals surface area contributed by atoms with Crippen molar-refractivity contribution in [2.45, 2.75) is 51.0 Å². The van der Waals surface area contributed by atoms with Gasteiger partial charge in [-0.3, -0.25) is 4.90 Å². The average Bonchev–Trinajstić information content (AvgIpc) is 2.94. The van der Waals surface area contributed by atoms with Crippen molar-refractivity contribution in [2.75, 3.05) is 19.6 Å². The van der Waals surface area contributed by atoms with Crippen LogP contribution < -0.4 is 5.73 Å². The lowest BCUT2D eigenvalue weighted by molar-refractivity contribution is 0.100. The molecule has 0 aromatic heterocycles. The van der Waals surface area contributed by atoms with Crippen LogP contribution in [0.4, 0.5) is 0 Å². The van der Waals surface area contributed by atoms with Gasteiger partial charge < -0.3 is 5.73 Å². The van der Waals surface area contributed by atoms with Gasteiger partial charge >= 0.3 is 0 Å². The zero-order valence-electron chi connectivity index (χ0n) is 12.3. The van der Waals surface area contributed by atoms with Gasteiger partial charge in [0.25, 0.3) is 0 Å². The van der Waals surface area contributed by atoms with Gasteiger partial charge in [-0.15, -0.1) is 0 Å². The predicted octanol–water partition coefficient (Wildman–Crippen LogP) is 3.21. The third-order valence-corrected chi connectivity index (χ3v) is 4.59. The number of nitrogens with zero attached hydrogens (tertiary/aromatic N) is 1. The summed E-state index contributed by atoms with van der Waals surface area (Å²) >= 11 is 0. The third-order valence-electron chi connectivity index (χ3n) is 4.59. The molecule has 1 aromatic carbocycles. The molecule has 0 spiro atoms. The molecule has 0 aliphatic heterocycles. The topological polar surface area (TPSA) is 29.3 Å². The molecule has 1 aliphatic rings. The summed E-state index contributed by atoms with van der Waals surface area (Å²) in [7, 11) is 0. The second-order valence-electron chi connectivity index (χ2n) is 5.86. The molecule has 19 heavy (non-hydrogen) atoms. The highest BCUT2D eigenvalue weighted by Crippen LogP contribution is 2.34. The Morgan fingerprint density at radius 1 is 1.11 bits per heavy atom. The van der Waals surface area contributed by atoms with Gasteiger partial charge in [-0.25, -0.2) is 0 Å². The van der Waals surface area contributed by atoms with Crippen LogP contribution in [0.25, 0.3) is 0 Å². The Kier molecular flexibility index (Phi) is 5.41. The summed E-state index contributed by atoms with van der Waals surface area (Å²) in [5, 5.41) is 0. The van der Waals surface area contributed by atoms with Gasteiger partial charge in [0.05, 0.1) is 0 Å². The average molecular weight is 260 g/mol. The van der Waals surface area contributed by atoms with Crippen LogP contribution in [0, 0.1) is 0 Å². The van der Waals surface area contributed by atoms with E-state index in [-0.39, 0.29) is 0 Å². The first-order valence-electron chi connectivity index (χ1n) is 7.80. The van der Waals surface area contributed by atoms with Crippen molar-refractivity contribution < 1.29 is 0 Å². The maximum absolute atomic E-state index is 6.13. The maximum Gasteiger partial charge on any atom is 0.0331 e. The molecule has 1 aliphatic carbocycles. The van der Waals surface area contributed by atoms with Crippen molar-refractivity contribution in [2.24, 2.45) is 5.73 Å². The van der Waals surface area contributed by atoms with Gasteiger partial charge in [-0.1, -0.05) is 50.1 Å². The van der Waals surface area contributed by atoms with Crippen LogP contribution in [0.2, 0.25) is 0 Å². The molecule has 2 rings (SSSR count). The summed E-state index contributed by atoms with van der Waals surface area (Å²) < 4.78 is 0. The van der Waals surface area contributed by atoms with Gasteiger partial charge in [0.1, 0.15) is 0 Å². The minimum Gasteiger partial charge on any atom is -0.329 e. The van der Waals surface area contributed by atoms with Gasteiger partial charge in [0, 0.05) is 18.6 Å². The highest BCUT2D eigenvalue weighted by Gasteiger charge is 2.37. The first kappa shape index (κ1) is 14.5. The van der Waals surface area contributed by atoms with E-state index in [0.29, 0.717) is 5.54 Å². The Morgan fingerprint density at radius 3 is 2.37 bits per heavy atom.